The molecule has 0 spiro atoms. The highest BCUT2D eigenvalue weighted by atomic mass is 32.2. The first kappa shape index (κ1) is 17.8. The number of rotatable bonds is 2. The summed E-state index contributed by atoms with van der Waals surface area (Å²) in [5.74, 6) is 0.306. The van der Waals surface area contributed by atoms with E-state index in [2.05, 4.69) is 15.1 Å². The third kappa shape index (κ3) is 3.37. The van der Waals surface area contributed by atoms with Crippen molar-refractivity contribution in [1.29, 1.82) is 0 Å². The summed E-state index contributed by atoms with van der Waals surface area (Å²) in [6.45, 7) is 6.83. The van der Waals surface area contributed by atoms with E-state index in [0.29, 0.717) is 24.6 Å². The van der Waals surface area contributed by atoms with Crippen LogP contribution >= 0.6 is 0 Å². The minimum Gasteiger partial charge on any atom is -0.342 e. The van der Waals surface area contributed by atoms with Crippen LogP contribution in [0.5, 0.6) is 0 Å². The molecule has 0 aliphatic carbocycles. The molecule has 9 heteroatoms. The van der Waals surface area contributed by atoms with Gasteiger partial charge >= 0.3 is 0 Å². The lowest BCUT2D eigenvalue weighted by atomic mass is 9.90. The van der Waals surface area contributed by atoms with Crippen molar-refractivity contribution in [1.82, 2.24) is 24.5 Å². The second-order valence-electron chi connectivity index (χ2n) is 7.59. The molecule has 1 fully saturated rings. The summed E-state index contributed by atoms with van der Waals surface area (Å²) in [6, 6.07) is 0. The van der Waals surface area contributed by atoms with Crippen LogP contribution < -0.4 is 0 Å². The smallest absolute Gasteiger partial charge is 0.252 e. The first-order chi connectivity index (χ1) is 11.6. The average Bonchev–Trinajstić information content (AvgIpc) is 3.00. The quantitative estimate of drug-likeness (QED) is 0.795. The summed E-state index contributed by atoms with van der Waals surface area (Å²) in [5, 5.41) is 4.16. The van der Waals surface area contributed by atoms with Crippen LogP contribution in [0.2, 0.25) is 0 Å². The number of fused-ring (bicyclic) bond motifs is 1. The highest BCUT2D eigenvalue weighted by molar-refractivity contribution is 7.90. The summed E-state index contributed by atoms with van der Waals surface area (Å²) >= 11 is 0. The third-order valence-electron chi connectivity index (χ3n) is 4.44. The number of hydrogen-bond acceptors (Lipinski definition) is 6. The molecule has 8 nitrogen and oxygen atoms in total. The zero-order valence-corrected chi connectivity index (χ0v) is 15.7. The fourth-order valence-corrected chi connectivity index (χ4v) is 4.18. The molecule has 0 bridgehead atoms. The van der Waals surface area contributed by atoms with Crippen molar-refractivity contribution < 1.29 is 13.2 Å². The zero-order valence-electron chi connectivity index (χ0n) is 14.9. The largest absolute Gasteiger partial charge is 0.342 e. The van der Waals surface area contributed by atoms with E-state index in [1.165, 1.54) is 17.0 Å². The normalized spacial score (nSPS) is 19.4. The van der Waals surface area contributed by atoms with Gasteiger partial charge in [-0.1, -0.05) is 20.8 Å². The lowest BCUT2D eigenvalue weighted by molar-refractivity contribution is -0.140. The molecule has 1 amide bonds. The Labute approximate surface area is 147 Å². The molecule has 0 saturated carbocycles. The predicted molar refractivity (Wildman–Crippen MR) is 91.9 cm³/mol. The minimum absolute atomic E-state index is 0.0713. The summed E-state index contributed by atoms with van der Waals surface area (Å²) in [6.07, 6.45) is 5.47. The van der Waals surface area contributed by atoms with Crippen molar-refractivity contribution in [3.05, 3.63) is 18.2 Å². The van der Waals surface area contributed by atoms with Crippen molar-refractivity contribution in [3.63, 3.8) is 0 Å². The first-order valence-electron chi connectivity index (χ1n) is 8.27. The second-order valence-corrected chi connectivity index (χ2v) is 9.58. The molecule has 0 aromatic carbocycles. The molecule has 1 atom stereocenters. The number of likely N-dealkylation sites (tertiary alicyclic amines) is 1. The predicted octanol–water partition coefficient (Wildman–Crippen LogP) is 1.28. The summed E-state index contributed by atoms with van der Waals surface area (Å²) in [5.41, 5.74) is 0.0963. The van der Waals surface area contributed by atoms with Crippen molar-refractivity contribution in [2.75, 3.05) is 19.3 Å². The summed E-state index contributed by atoms with van der Waals surface area (Å²) < 4.78 is 26.0. The van der Waals surface area contributed by atoms with Crippen molar-refractivity contribution in [3.8, 4) is 0 Å². The van der Waals surface area contributed by atoms with Gasteiger partial charge in [0.1, 0.15) is 11.2 Å². The van der Waals surface area contributed by atoms with Crippen LogP contribution in [0.3, 0.4) is 0 Å². The van der Waals surface area contributed by atoms with Crippen LogP contribution in [0.1, 0.15) is 45.2 Å². The van der Waals surface area contributed by atoms with Gasteiger partial charge in [-0.15, -0.1) is 0 Å². The fraction of sp³-hybridized carbons (Fsp3) is 0.625. The Morgan fingerprint density at radius 2 is 2.00 bits per heavy atom. The maximum absolute atomic E-state index is 12.7. The van der Waals surface area contributed by atoms with Gasteiger partial charge in [0, 0.05) is 30.7 Å². The third-order valence-corrected chi connectivity index (χ3v) is 5.56. The van der Waals surface area contributed by atoms with Gasteiger partial charge in [-0.05, 0) is 12.8 Å². The summed E-state index contributed by atoms with van der Waals surface area (Å²) in [4.78, 5) is 22.8. The maximum Gasteiger partial charge on any atom is 0.252 e. The molecule has 136 valence electrons. The second kappa shape index (κ2) is 6.05. The Hall–Kier alpha value is -2.03. The molecular weight excluding hydrogens is 342 g/mol. The Kier molecular flexibility index (Phi) is 4.30. The number of amides is 1. The molecule has 1 saturated heterocycles. The van der Waals surface area contributed by atoms with E-state index in [-0.39, 0.29) is 16.7 Å². The highest BCUT2D eigenvalue weighted by Crippen LogP contribution is 2.32. The highest BCUT2D eigenvalue weighted by Gasteiger charge is 2.34. The van der Waals surface area contributed by atoms with Gasteiger partial charge in [-0.25, -0.2) is 13.4 Å². The van der Waals surface area contributed by atoms with Crippen LogP contribution in [0.4, 0.5) is 0 Å². The molecular formula is C16H23N5O3S. The minimum atomic E-state index is -3.47. The molecule has 0 N–H and O–H groups in total. The van der Waals surface area contributed by atoms with E-state index in [9.17, 15) is 13.2 Å². The van der Waals surface area contributed by atoms with E-state index < -0.39 is 15.3 Å². The Morgan fingerprint density at radius 1 is 1.28 bits per heavy atom. The van der Waals surface area contributed by atoms with E-state index >= 15 is 0 Å². The van der Waals surface area contributed by atoms with Gasteiger partial charge in [0.15, 0.2) is 9.84 Å². The molecule has 2 aromatic rings. The van der Waals surface area contributed by atoms with Crippen molar-refractivity contribution in [2.45, 2.75) is 44.4 Å². The van der Waals surface area contributed by atoms with Gasteiger partial charge in [-0.2, -0.15) is 14.6 Å². The van der Waals surface area contributed by atoms with Gasteiger partial charge in [0.05, 0.1) is 11.9 Å². The SMILES string of the molecule is CC(C)(C)C(=O)N1CCC[C@H](c2c(S(C)(=O)=O)cnc3ncnn23)C1. The monoisotopic (exact) mass is 365 g/mol. The van der Waals surface area contributed by atoms with E-state index in [0.717, 1.165) is 19.1 Å². The molecule has 2 aromatic heterocycles. The molecule has 3 heterocycles. The molecule has 1 aliphatic heterocycles. The number of sulfone groups is 1. The van der Waals surface area contributed by atoms with E-state index in [4.69, 9.17) is 0 Å². The summed E-state index contributed by atoms with van der Waals surface area (Å²) in [7, 11) is -3.47. The van der Waals surface area contributed by atoms with Crippen LogP contribution in [-0.2, 0) is 14.6 Å². The van der Waals surface area contributed by atoms with E-state index in [1.807, 2.05) is 25.7 Å². The number of aromatic nitrogens is 4. The zero-order chi connectivity index (χ0) is 18.4. The number of nitrogens with zero attached hydrogens (tertiary/aromatic N) is 5. The average molecular weight is 365 g/mol. The number of carbonyl (C=O) groups is 1. The van der Waals surface area contributed by atoms with Crippen LogP contribution in [0.15, 0.2) is 17.4 Å². The van der Waals surface area contributed by atoms with E-state index in [1.54, 1.807) is 0 Å². The van der Waals surface area contributed by atoms with Crippen molar-refractivity contribution in [2.24, 2.45) is 5.41 Å². The van der Waals surface area contributed by atoms with Gasteiger partial charge in [0.2, 0.25) is 5.91 Å². The molecule has 0 unspecified atom stereocenters. The standard InChI is InChI=1S/C16H23N5O3S/c1-16(2,3)14(22)20-7-5-6-11(9-20)13-12(25(4,23)24)8-17-15-18-10-19-21(13)15/h8,10-11H,5-7,9H2,1-4H3/t11-/m0/s1. The van der Waals surface area contributed by atoms with Crippen LogP contribution in [-0.4, -0.2) is 58.2 Å². The Bertz CT molecular complexity index is 913. The molecule has 3 rings (SSSR count). The maximum atomic E-state index is 12.7. The number of carbonyl (C=O) groups excluding carboxylic acids is 1. The first-order valence-corrected chi connectivity index (χ1v) is 10.2. The van der Waals surface area contributed by atoms with Gasteiger partial charge in [0.25, 0.3) is 5.78 Å². The lowest BCUT2D eigenvalue weighted by Crippen LogP contribution is -2.45. The topological polar surface area (TPSA) is 97.5 Å². The fourth-order valence-electron chi connectivity index (χ4n) is 3.30. The number of piperidine rings is 1. The van der Waals surface area contributed by atoms with Crippen molar-refractivity contribution >= 4 is 21.5 Å². The molecule has 0 radical (unpaired) electrons. The lowest BCUT2D eigenvalue weighted by Gasteiger charge is -2.36. The van der Waals surface area contributed by atoms with Gasteiger partial charge < -0.3 is 4.90 Å². The van der Waals surface area contributed by atoms with Crippen LogP contribution in [0, 0.1) is 5.41 Å². The Balaban J connectivity index is 2.06. The molecule has 1 aliphatic rings. The molecule has 25 heavy (non-hydrogen) atoms. The number of hydrogen-bond donors (Lipinski definition) is 0. The Morgan fingerprint density at radius 3 is 2.64 bits per heavy atom. The van der Waals surface area contributed by atoms with Crippen LogP contribution in [0.25, 0.3) is 5.78 Å². The van der Waals surface area contributed by atoms with Gasteiger partial charge in [-0.3, -0.25) is 4.79 Å².